The number of imidazole rings is 1. The van der Waals surface area contributed by atoms with Crippen LogP contribution in [0, 0.1) is 12.8 Å². The standard InChI is InChI=1S/C18H18F3N3O3/c1-10-14(16(25)24-7-5-11(6-8-24)17(26)27)23-15(22-10)12-3-2-4-13(9-12)18(19,20)21/h2-4,9,11H,5-8H2,1H3,(H,22,23)(H,26,27). The van der Waals surface area contributed by atoms with Crippen molar-refractivity contribution in [3.63, 3.8) is 0 Å². The molecule has 3 rings (SSSR count). The first-order valence-corrected chi connectivity index (χ1v) is 8.43. The van der Waals surface area contributed by atoms with Crippen molar-refractivity contribution in [1.82, 2.24) is 14.9 Å². The third kappa shape index (κ3) is 3.96. The Morgan fingerprint density at radius 3 is 2.52 bits per heavy atom. The second-order valence-electron chi connectivity index (χ2n) is 6.54. The quantitative estimate of drug-likeness (QED) is 0.854. The van der Waals surface area contributed by atoms with Crippen LogP contribution in [0.25, 0.3) is 11.4 Å². The first-order chi connectivity index (χ1) is 12.7. The highest BCUT2D eigenvalue weighted by Gasteiger charge is 2.32. The molecule has 6 nitrogen and oxygen atoms in total. The van der Waals surface area contributed by atoms with Gasteiger partial charge < -0.3 is 15.0 Å². The zero-order chi connectivity index (χ0) is 19.8. The topological polar surface area (TPSA) is 86.3 Å². The van der Waals surface area contributed by atoms with Gasteiger partial charge in [-0.05, 0) is 31.9 Å². The van der Waals surface area contributed by atoms with Crippen LogP contribution in [0.4, 0.5) is 13.2 Å². The van der Waals surface area contributed by atoms with Gasteiger partial charge in [-0.2, -0.15) is 13.2 Å². The molecule has 2 aromatic rings. The Bertz CT molecular complexity index is 868. The average Bonchev–Trinajstić information content (AvgIpc) is 3.02. The lowest BCUT2D eigenvalue weighted by Crippen LogP contribution is -2.40. The lowest BCUT2D eigenvalue weighted by atomic mass is 9.97. The molecule has 0 atom stereocenters. The summed E-state index contributed by atoms with van der Waals surface area (Å²) in [5, 5.41) is 9.03. The van der Waals surface area contributed by atoms with Gasteiger partial charge in [-0.25, -0.2) is 4.98 Å². The Morgan fingerprint density at radius 2 is 1.93 bits per heavy atom. The van der Waals surface area contributed by atoms with E-state index in [0.717, 1.165) is 12.1 Å². The van der Waals surface area contributed by atoms with E-state index in [1.807, 2.05) is 0 Å². The number of H-pyrrole nitrogens is 1. The number of piperidine rings is 1. The molecule has 27 heavy (non-hydrogen) atoms. The van der Waals surface area contributed by atoms with E-state index in [1.54, 1.807) is 6.92 Å². The lowest BCUT2D eigenvalue weighted by Gasteiger charge is -2.29. The van der Waals surface area contributed by atoms with Gasteiger partial charge >= 0.3 is 12.1 Å². The normalized spacial score (nSPS) is 15.8. The number of carboxylic acids is 1. The highest BCUT2D eigenvalue weighted by Crippen LogP contribution is 2.32. The molecule has 2 heterocycles. The van der Waals surface area contributed by atoms with E-state index in [-0.39, 0.29) is 23.0 Å². The van der Waals surface area contributed by atoms with Crippen molar-refractivity contribution in [2.45, 2.75) is 25.9 Å². The molecule has 0 saturated carbocycles. The third-order valence-corrected chi connectivity index (χ3v) is 4.68. The number of nitrogens with zero attached hydrogens (tertiary/aromatic N) is 2. The predicted molar refractivity (Wildman–Crippen MR) is 90.0 cm³/mol. The minimum absolute atomic E-state index is 0.135. The summed E-state index contributed by atoms with van der Waals surface area (Å²) in [6, 6.07) is 4.72. The van der Waals surface area contributed by atoms with Crippen LogP contribution in [-0.4, -0.2) is 44.9 Å². The van der Waals surface area contributed by atoms with Crippen molar-refractivity contribution >= 4 is 11.9 Å². The SMILES string of the molecule is Cc1[nH]c(-c2cccc(C(F)(F)F)c2)nc1C(=O)N1CCC(C(=O)O)CC1. The van der Waals surface area contributed by atoms with Crippen molar-refractivity contribution in [2.24, 2.45) is 5.92 Å². The number of carbonyl (C=O) groups is 2. The number of benzene rings is 1. The fraction of sp³-hybridized carbons (Fsp3) is 0.389. The highest BCUT2D eigenvalue weighted by molar-refractivity contribution is 5.94. The molecule has 0 spiro atoms. The van der Waals surface area contributed by atoms with Crippen LogP contribution < -0.4 is 0 Å². The van der Waals surface area contributed by atoms with Crippen molar-refractivity contribution in [2.75, 3.05) is 13.1 Å². The zero-order valence-electron chi connectivity index (χ0n) is 14.5. The summed E-state index contributed by atoms with van der Waals surface area (Å²) in [7, 11) is 0. The molecule has 0 unspecified atom stereocenters. The Kier molecular flexibility index (Phi) is 4.95. The molecule has 1 amide bonds. The number of aryl methyl sites for hydroxylation is 1. The van der Waals surface area contributed by atoms with Crippen LogP contribution in [0.15, 0.2) is 24.3 Å². The summed E-state index contributed by atoms with van der Waals surface area (Å²) >= 11 is 0. The number of aromatic nitrogens is 2. The monoisotopic (exact) mass is 381 g/mol. The number of rotatable bonds is 3. The fourth-order valence-corrected chi connectivity index (χ4v) is 3.13. The zero-order valence-corrected chi connectivity index (χ0v) is 14.5. The average molecular weight is 381 g/mol. The second kappa shape index (κ2) is 7.05. The minimum atomic E-state index is -4.47. The van der Waals surface area contributed by atoms with Gasteiger partial charge in [-0.1, -0.05) is 12.1 Å². The highest BCUT2D eigenvalue weighted by atomic mass is 19.4. The van der Waals surface area contributed by atoms with Gasteiger partial charge in [0.25, 0.3) is 5.91 Å². The number of alkyl halides is 3. The third-order valence-electron chi connectivity index (χ3n) is 4.68. The second-order valence-corrected chi connectivity index (χ2v) is 6.54. The van der Waals surface area contributed by atoms with E-state index >= 15 is 0 Å². The van der Waals surface area contributed by atoms with Crippen LogP contribution in [0.1, 0.15) is 34.6 Å². The summed E-state index contributed by atoms with van der Waals surface area (Å²) in [5.41, 5.74) is 0.0261. The molecule has 0 bridgehead atoms. The number of aromatic amines is 1. The molecule has 0 radical (unpaired) electrons. The van der Waals surface area contributed by atoms with Crippen LogP contribution in [0.2, 0.25) is 0 Å². The summed E-state index contributed by atoms with van der Waals surface area (Å²) in [6.07, 6.45) is -3.74. The molecule has 1 aliphatic heterocycles. The molecular weight excluding hydrogens is 363 g/mol. The molecule has 1 fully saturated rings. The first kappa shape index (κ1) is 18.9. The van der Waals surface area contributed by atoms with E-state index in [2.05, 4.69) is 9.97 Å². The maximum Gasteiger partial charge on any atom is 0.416 e. The Hall–Kier alpha value is -2.84. The molecule has 144 valence electrons. The van der Waals surface area contributed by atoms with Crippen LogP contribution in [0.3, 0.4) is 0 Å². The van der Waals surface area contributed by atoms with E-state index in [9.17, 15) is 22.8 Å². The molecule has 1 saturated heterocycles. The van der Waals surface area contributed by atoms with E-state index in [0.29, 0.717) is 31.6 Å². The lowest BCUT2D eigenvalue weighted by molar-refractivity contribution is -0.143. The number of hydrogen-bond acceptors (Lipinski definition) is 3. The molecule has 1 aliphatic rings. The summed E-state index contributed by atoms with van der Waals surface area (Å²) < 4.78 is 38.7. The Labute approximate surface area is 153 Å². The smallest absolute Gasteiger partial charge is 0.416 e. The Balaban J connectivity index is 1.81. The van der Waals surface area contributed by atoms with Gasteiger partial charge in [-0.15, -0.1) is 0 Å². The summed E-state index contributed by atoms with van der Waals surface area (Å²) in [4.78, 5) is 32.3. The maximum atomic E-state index is 12.9. The first-order valence-electron chi connectivity index (χ1n) is 8.43. The number of halogens is 3. The van der Waals surface area contributed by atoms with E-state index in [1.165, 1.54) is 17.0 Å². The van der Waals surface area contributed by atoms with E-state index < -0.39 is 23.6 Å². The molecule has 1 aromatic carbocycles. The van der Waals surface area contributed by atoms with Gasteiger partial charge in [0.15, 0.2) is 0 Å². The largest absolute Gasteiger partial charge is 0.481 e. The summed E-state index contributed by atoms with van der Waals surface area (Å²) in [6.45, 7) is 2.24. The minimum Gasteiger partial charge on any atom is -0.481 e. The molecular formula is C18H18F3N3O3. The Morgan fingerprint density at radius 1 is 1.26 bits per heavy atom. The molecule has 2 N–H and O–H groups in total. The molecule has 0 aliphatic carbocycles. The van der Waals surface area contributed by atoms with Crippen LogP contribution in [-0.2, 0) is 11.0 Å². The molecule has 9 heteroatoms. The fourth-order valence-electron chi connectivity index (χ4n) is 3.13. The number of hydrogen-bond donors (Lipinski definition) is 2. The van der Waals surface area contributed by atoms with Crippen molar-refractivity contribution in [3.8, 4) is 11.4 Å². The van der Waals surface area contributed by atoms with Gasteiger partial charge in [0.2, 0.25) is 0 Å². The van der Waals surface area contributed by atoms with Crippen LogP contribution in [0.5, 0.6) is 0 Å². The predicted octanol–water partition coefficient (Wildman–Crippen LogP) is 3.34. The number of carboxylic acid groups (broad SMARTS) is 1. The van der Waals surface area contributed by atoms with Gasteiger partial charge in [0.1, 0.15) is 11.5 Å². The number of nitrogens with one attached hydrogen (secondary N) is 1. The van der Waals surface area contributed by atoms with Crippen molar-refractivity contribution in [3.05, 3.63) is 41.2 Å². The van der Waals surface area contributed by atoms with E-state index in [4.69, 9.17) is 5.11 Å². The maximum absolute atomic E-state index is 12.9. The van der Waals surface area contributed by atoms with Crippen molar-refractivity contribution in [1.29, 1.82) is 0 Å². The summed E-state index contributed by atoms with van der Waals surface area (Å²) in [5.74, 6) is -1.51. The molecule has 1 aromatic heterocycles. The van der Waals surface area contributed by atoms with Crippen molar-refractivity contribution < 1.29 is 27.9 Å². The van der Waals surface area contributed by atoms with Gasteiger partial charge in [-0.3, -0.25) is 9.59 Å². The number of likely N-dealkylation sites (tertiary alicyclic amines) is 1. The van der Waals surface area contributed by atoms with Gasteiger partial charge in [0.05, 0.1) is 11.5 Å². The van der Waals surface area contributed by atoms with Gasteiger partial charge in [0, 0.05) is 24.3 Å². The van der Waals surface area contributed by atoms with Crippen LogP contribution >= 0.6 is 0 Å². The number of carbonyl (C=O) groups excluding carboxylic acids is 1. The number of aliphatic carboxylic acids is 1. The number of amides is 1.